The predicted octanol–water partition coefficient (Wildman–Crippen LogP) is 4.27. The van der Waals surface area contributed by atoms with Crippen LogP contribution in [0.3, 0.4) is 0 Å². The van der Waals surface area contributed by atoms with Crippen molar-refractivity contribution in [2.75, 3.05) is 25.6 Å². The summed E-state index contributed by atoms with van der Waals surface area (Å²) < 4.78 is 16.4. The lowest BCUT2D eigenvalue weighted by Gasteiger charge is -2.13. The number of rotatable bonds is 9. The van der Waals surface area contributed by atoms with Gasteiger partial charge in [0.2, 0.25) is 0 Å². The van der Waals surface area contributed by atoms with Gasteiger partial charge in [-0.25, -0.2) is 0 Å². The Morgan fingerprint density at radius 2 is 1.83 bits per heavy atom. The average Bonchev–Trinajstić information content (AvgIpc) is 2.60. The van der Waals surface area contributed by atoms with Gasteiger partial charge in [0, 0.05) is 12.2 Å². The fourth-order valence-corrected chi connectivity index (χ4v) is 2.11. The van der Waals surface area contributed by atoms with E-state index in [9.17, 15) is 0 Å². The zero-order valence-corrected chi connectivity index (χ0v) is 13.7. The molecule has 23 heavy (non-hydrogen) atoms. The average molecular weight is 313 g/mol. The zero-order valence-electron chi connectivity index (χ0n) is 13.7. The lowest BCUT2D eigenvalue weighted by molar-refractivity contribution is 0.296. The minimum absolute atomic E-state index is 0.462. The van der Waals surface area contributed by atoms with E-state index < -0.39 is 0 Å². The van der Waals surface area contributed by atoms with Crippen LogP contribution >= 0.6 is 0 Å². The Bertz CT molecular complexity index is 623. The van der Waals surface area contributed by atoms with E-state index in [0.717, 1.165) is 28.5 Å². The molecule has 122 valence electrons. The molecule has 0 heterocycles. The molecule has 2 aromatic rings. The fraction of sp³-hybridized carbons (Fsp3) is 0.263. The first-order valence-electron chi connectivity index (χ1n) is 7.64. The molecule has 0 fully saturated rings. The van der Waals surface area contributed by atoms with Crippen LogP contribution in [0.15, 0.2) is 55.1 Å². The number of benzene rings is 2. The van der Waals surface area contributed by atoms with E-state index in [0.29, 0.717) is 19.8 Å². The molecule has 4 heteroatoms. The normalized spacial score (nSPS) is 10.0. The van der Waals surface area contributed by atoms with E-state index >= 15 is 0 Å². The molecule has 0 saturated carbocycles. The minimum atomic E-state index is 0.462. The monoisotopic (exact) mass is 313 g/mol. The van der Waals surface area contributed by atoms with Gasteiger partial charge in [0.05, 0.1) is 13.7 Å². The Balaban J connectivity index is 2.03. The Hall–Kier alpha value is -2.62. The fourth-order valence-electron chi connectivity index (χ4n) is 2.11. The SMILES string of the molecule is C=CCOc1ccc(CNc2ccc(OC)cc2)cc1OCC. The quantitative estimate of drug-likeness (QED) is 0.702. The Labute approximate surface area is 137 Å². The Kier molecular flexibility index (Phi) is 6.36. The third-order valence-electron chi connectivity index (χ3n) is 3.25. The molecule has 2 rings (SSSR count). The minimum Gasteiger partial charge on any atom is -0.497 e. The number of hydrogen-bond donors (Lipinski definition) is 1. The topological polar surface area (TPSA) is 39.7 Å². The molecule has 4 nitrogen and oxygen atoms in total. The van der Waals surface area contributed by atoms with Crippen molar-refractivity contribution in [3.63, 3.8) is 0 Å². The van der Waals surface area contributed by atoms with Crippen molar-refractivity contribution in [2.45, 2.75) is 13.5 Å². The highest BCUT2D eigenvalue weighted by Crippen LogP contribution is 2.29. The summed E-state index contributed by atoms with van der Waals surface area (Å²) in [6, 6.07) is 13.8. The van der Waals surface area contributed by atoms with Crippen LogP contribution < -0.4 is 19.5 Å². The van der Waals surface area contributed by atoms with Crippen LogP contribution in [0.4, 0.5) is 5.69 Å². The summed E-state index contributed by atoms with van der Waals surface area (Å²) in [5, 5.41) is 3.38. The van der Waals surface area contributed by atoms with Gasteiger partial charge in [-0.2, -0.15) is 0 Å². The van der Waals surface area contributed by atoms with Crippen molar-refractivity contribution in [2.24, 2.45) is 0 Å². The maximum atomic E-state index is 5.65. The highest BCUT2D eigenvalue weighted by Gasteiger charge is 2.06. The van der Waals surface area contributed by atoms with Crippen molar-refractivity contribution in [3.8, 4) is 17.2 Å². The predicted molar refractivity (Wildman–Crippen MR) is 93.6 cm³/mol. The molecule has 0 unspecified atom stereocenters. The van der Waals surface area contributed by atoms with Gasteiger partial charge in [0.25, 0.3) is 0 Å². The lowest BCUT2D eigenvalue weighted by atomic mass is 10.2. The number of methoxy groups -OCH3 is 1. The molecule has 0 aromatic heterocycles. The van der Waals surface area contributed by atoms with Crippen molar-refractivity contribution in [3.05, 3.63) is 60.7 Å². The van der Waals surface area contributed by atoms with E-state index in [2.05, 4.69) is 11.9 Å². The molecular weight excluding hydrogens is 290 g/mol. The Morgan fingerprint density at radius 3 is 2.48 bits per heavy atom. The van der Waals surface area contributed by atoms with Crippen LogP contribution in [0.2, 0.25) is 0 Å². The summed E-state index contributed by atoms with van der Waals surface area (Å²) in [5.74, 6) is 2.33. The number of nitrogens with one attached hydrogen (secondary N) is 1. The van der Waals surface area contributed by atoms with E-state index in [1.165, 1.54) is 0 Å². The third kappa shape index (κ3) is 4.95. The zero-order chi connectivity index (χ0) is 16.5. The summed E-state index contributed by atoms with van der Waals surface area (Å²) in [5.41, 5.74) is 2.16. The smallest absolute Gasteiger partial charge is 0.161 e. The second kappa shape index (κ2) is 8.73. The molecule has 0 aliphatic rings. The summed E-state index contributed by atoms with van der Waals surface area (Å²) >= 11 is 0. The number of anilines is 1. The van der Waals surface area contributed by atoms with E-state index in [-0.39, 0.29) is 0 Å². The molecule has 0 aliphatic heterocycles. The van der Waals surface area contributed by atoms with Crippen LogP contribution in [0.25, 0.3) is 0 Å². The van der Waals surface area contributed by atoms with E-state index in [1.807, 2.05) is 49.4 Å². The molecule has 0 radical (unpaired) electrons. The molecule has 0 bridgehead atoms. The third-order valence-corrected chi connectivity index (χ3v) is 3.25. The van der Waals surface area contributed by atoms with Gasteiger partial charge in [-0.1, -0.05) is 18.7 Å². The lowest BCUT2D eigenvalue weighted by Crippen LogP contribution is -2.03. The van der Waals surface area contributed by atoms with Crippen molar-refractivity contribution in [1.82, 2.24) is 0 Å². The van der Waals surface area contributed by atoms with Gasteiger partial charge >= 0.3 is 0 Å². The first-order valence-corrected chi connectivity index (χ1v) is 7.64. The number of hydrogen-bond acceptors (Lipinski definition) is 4. The van der Waals surface area contributed by atoms with Gasteiger partial charge in [-0.05, 0) is 48.9 Å². The second-order valence-electron chi connectivity index (χ2n) is 4.90. The van der Waals surface area contributed by atoms with Crippen LogP contribution in [-0.2, 0) is 6.54 Å². The summed E-state index contributed by atoms with van der Waals surface area (Å²) in [4.78, 5) is 0. The van der Waals surface area contributed by atoms with Crippen molar-refractivity contribution in [1.29, 1.82) is 0 Å². The molecule has 0 amide bonds. The maximum Gasteiger partial charge on any atom is 0.161 e. The van der Waals surface area contributed by atoms with Gasteiger partial charge < -0.3 is 19.5 Å². The van der Waals surface area contributed by atoms with Crippen LogP contribution in [0, 0.1) is 0 Å². The van der Waals surface area contributed by atoms with Gasteiger partial charge in [0.1, 0.15) is 12.4 Å². The second-order valence-corrected chi connectivity index (χ2v) is 4.90. The first kappa shape index (κ1) is 16.7. The summed E-state index contributed by atoms with van der Waals surface area (Å²) in [7, 11) is 1.66. The highest BCUT2D eigenvalue weighted by molar-refractivity contribution is 5.48. The molecule has 1 N–H and O–H groups in total. The summed E-state index contributed by atoms with van der Waals surface area (Å²) in [6.07, 6.45) is 1.72. The van der Waals surface area contributed by atoms with Gasteiger partial charge in [-0.3, -0.25) is 0 Å². The molecule has 0 spiro atoms. The van der Waals surface area contributed by atoms with Crippen LogP contribution in [-0.4, -0.2) is 20.3 Å². The largest absolute Gasteiger partial charge is 0.497 e. The van der Waals surface area contributed by atoms with Crippen molar-refractivity contribution >= 4 is 5.69 Å². The molecule has 0 saturated heterocycles. The van der Waals surface area contributed by atoms with Crippen molar-refractivity contribution < 1.29 is 14.2 Å². The first-order chi connectivity index (χ1) is 11.3. The highest BCUT2D eigenvalue weighted by atomic mass is 16.5. The molecular formula is C19H23NO3. The molecule has 0 aliphatic carbocycles. The van der Waals surface area contributed by atoms with Crippen LogP contribution in [0.5, 0.6) is 17.2 Å². The van der Waals surface area contributed by atoms with Gasteiger partial charge in [-0.15, -0.1) is 0 Å². The Morgan fingerprint density at radius 1 is 1.04 bits per heavy atom. The maximum absolute atomic E-state index is 5.65. The standard InChI is InChI=1S/C19H23NO3/c1-4-12-23-18-11-6-15(13-19(18)22-5-2)14-20-16-7-9-17(21-3)10-8-16/h4,6-11,13,20H,1,5,12,14H2,2-3H3. The molecule has 0 atom stereocenters. The van der Waals surface area contributed by atoms with Gasteiger partial charge in [0.15, 0.2) is 11.5 Å². The van der Waals surface area contributed by atoms with Crippen LogP contribution in [0.1, 0.15) is 12.5 Å². The van der Waals surface area contributed by atoms with E-state index in [1.54, 1.807) is 13.2 Å². The molecule has 2 aromatic carbocycles. The van der Waals surface area contributed by atoms with E-state index in [4.69, 9.17) is 14.2 Å². The summed E-state index contributed by atoms with van der Waals surface area (Å²) in [6.45, 7) is 7.38. The number of ether oxygens (including phenoxy) is 3.